The van der Waals surface area contributed by atoms with Crippen molar-refractivity contribution < 1.29 is 4.74 Å². The molecule has 1 heterocycles. The normalized spacial score (nSPS) is 29.4. The third-order valence-electron chi connectivity index (χ3n) is 3.49. The molecule has 0 amide bonds. The first kappa shape index (κ1) is 13.0. The summed E-state index contributed by atoms with van der Waals surface area (Å²) in [6.07, 6.45) is 4.23. The number of hydrogen-bond acceptors (Lipinski definition) is 2. The summed E-state index contributed by atoms with van der Waals surface area (Å²) in [5.41, 5.74) is 0. The molecule has 1 N–H and O–H groups in total. The van der Waals surface area contributed by atoms with Crippen molar-refractivity contribution in [2.24, 2.45) is 11.8 Å². The van der Waals surface area contributed by atoms with Gasteiger partial charge in [0.05, 0.1) is 6.10 Å². The van der Waals surface area contributed by atoms with Crippen LogP contribution in [0.15, 0.2) is 0 Å². The fourth-order valence-corrected chi connectivity index (χ4v) is 2.32. The van der Waals surface area contributed by atoms with Crippen LogP contribution in [0.25, 0.3) is 0 Å². The van der Waals surface area contributed by atoms with Gasteiger partial charge in [0.15, 0.2) is 0 Å². The van der Waals surface area contributed by atoms with Crippen LogP contribution in [0.2, 0.25) is 0 Å². The summed E-state index contributed by atoms with van der Waals surface area (Å²) < 4.78 is 5.88. The molecule has 0 aliphatic carbocycles. The fourth-order valence-electron chi connectivity index (χ4n) is 2.32. The summed E-state index contributed by atoms with van der Waals surface area (Å²) in [5.74, 6) is 1.36. The minimum absolute atomic E-state index is 0.468. The van der Waals surface area contributed by atoms with E-state index in [2.05, 4.69) is 33.0 Å². The van der Waals surface area contributed by atoms with Crippen molar-refractivity contribution in [3.63, 3.8) is 0 Å². The van der Waals surface area contributed by atoms with Gasteiger partial charge in [0.2, 0.25) is 0 Å². The Hall–Kier alpha value is -0.0800. The van der Waals surface area contributed by atoms with E-state index >= 15 is 0 Å². The molecule has 3 atom stereocenters. The molecule has 1 fully saturated rings. The molecule has 1 aliphatic rings. The smallest absolute Gasteiger partial charge is 0.0638 e. The summed E-state index contributed by atoms with van der Waals surface area (Å²) in [4.78, 5) is 0. The predicted octanol–water partition coefficient (Wildman–Crippen LogP) is 2.83. The van der Waals surface area contributed by atoms with Crippen molar-refractivity contribution in [2.45, 2.75) is 59.1 Å². The van der Waals surface area contributed by atoms with Gasteiger partial charge < -0.3 is 10.1 Å². The third kappa shape index (κ3) is 4.12. The van der Waals surface area contributed by atoms with Crippen molar-refractivity contribution in [3.8, 4) is 0 Å². The Kier molecular flexibility index (Phi) is 5.62. The van der Waals surface area contributed by atoms with E-state index in [0.29, 0.717) is 24.0 Å². The molecule has 0 aromatic rings. The predicted molar refractivity (Wildman–Crippen MR) is 65.1 cm³/mol. The van der Waals surface area contributed by atoms with Gasteiger partial charge in [-0.15, -0.1) is 0 Å². The maximum absolute atomic E-state index is 5.88. The Bertz CT molecular complexity index is 170. The van der Waals surface area contributed by atoms with Crippen molar-refractivity contribution in [1.29, 1.82) is 0 Å². The molecule has 0 saturated carbocycles. The van der Waals surface area contributed by atoms with Crippen LogP contribution in [0.1, 0.15) is 47.0 Å². The van der Waals surface area contributed by atoms with E-state index in [4.69, 9.17) is 4.74 Å². The average Bonchev–Trinajstić information content (AvgIpc) is 2.26. The van der Waals surface area contributed by atoms with E-state index in [-0.39, 0.29) is 0 Å². The lowest BCUT2D eigenvalue weighted by Gasteiger charge is -2.35. The second kappa shape index (κ2) is 6.49. The average molecular weight is 213 g/mol. The van der Waals surface area contributed by atoms with Gasteiger partial charge in [-0.1, -0.05) is 20.8 Å². The van der Waals surface area contributed by atoms with Crippen LogP contribution >= 0.6 is 0 Å². The molecule has 3 unspecified atom stereocenters. The highest BCUT2D eigenvalue weighted by Crippen LogP contribution is 2.25. The Morgan fingerprint density at radius 1 is 1.33 bits per heavy atom. The zero-order chi connectivity index (χ0) is 11.3. The highest BCUT2D eigenvalue weighted by atomic mass is 16.5. The Balaban J connectivity index is 2.36. The lowest BCUT2D eigenvalue weighted by atomic mass is 9.87. The lowest BCUT2D eigenvalue weighted by molar-refractivity contribution is -0.0521. The van der Waals surface area contributed by atoms with Crippen LogP contribution in [-0.4, -0.2) is 25.3 Å². The Labute approximate surface area is 94.8 Å². The molecule has 2 nitrogen and oxygen atoms in total. The zero-order valence-electron chi connectivity index (χ0n) is 10.8. The first-order chi connectivity index (χ1) is 7.15. The molecule has 1 aliphatic heterocycles. The van der Waals surface area contributed by atoms with E-state index in [1.54, 1.807) is 0 Å². The van der Waals surface area contributed by atoms with Crippen LogP contribution in [0.5, 0.6) is 0 Å². The van der Waals surface area contributed by atoms with E-state index in [1.165, 1.54) is 19.3 Å². The summed E-state index contributed by atoms with van der Waals surface area (Å²) in [6.45, 7) is 11.1. The topological polar surface area (TPSA) is 21.3 Å². The van der Waals surface area contributed by atoms with Gasteiger partial charge in [0.25, 0.3) is 0 Å². The fraction of sp³-hybridized carbons (Fsp3) is 1.00. The van der Waals surface area contributed by atoms with Gasteiger partial charge >= 0.3 is 0 Å². The number of rotatable bonds is 5. The van der Waals surface area contributed by atoms with Gasteiger partial charge in [0, 0.05) is 19.2 Å². The van der Waals surface area contributed by atoms with Gasteiger partial charge in [-0.05, 0) is 38.0 Å². The molecule has 1 saturated heterocycles. The van der Waals surface area contributed by atoms with Crippen LogP contribution in [0.4, 0.5) is 0 Å². The van der Waals surface area contributed by atoms with Gasteiger partial charge in [0.1, 0.15) is 0 Å². The minimum Gasteiger partial charge on any atom is -0.378 e. The van der Waals surface area contributed by atoms with Gasteiger partial charge in [-0.3, -0.25) is 0 Å². The highest BCUT2D eigenvalue weighted by molar-refractivity contribution is 4.79. The second-order valence-corrected chi connectivity index (χ2v) is 5.20. The van der Waals surface area contributed by atoms with E-state index in [0.717, 1.165) is 13.2 Å². The summed E-state index contributed by atoms with van der Waals surface area (Å²) >= 11 is 0. The number of nitrogens with one attached hydrogen (secondary N) is 1. The number of ether oxygens (including phenoxy) is 1. The van der Waals surface area contributed by atoms with Crippen molar-refractivity contribution in [1.82, 2.24) is 5.32 Å². The van der Waals surface area contributed by atoms with Gasteiger partial charge in [-0.2, -0.15) is 0 Å². The Morgan fingerprint density at radius 3 is 2.67 bits per heavy atom. The largest absolute Gasteiger partial charge is 0.378 e. The van der Waals surface area contributed by atoms with E-state index in [9.17, 15) is 0 Å². The monoisotopic (exact) mass is 213 g/mol. The van der Waals surface area contributed by atoms with Crippen LogP contribution in [0.3, 0.4) is 0 Å². The quantitative estimate of drug-likeness (QED) is 0.758. The molecule has 90 valence electrons. The number of hydrogen-bond donors (Lipinski definition) is 1. The Morgan fingerprint density at radius 2 is 2.07 bits per heavy atom. The molecule has 2 heteroatoms. The maximum Gasteiger partial charge on any atom is 0.0638 e. The summed E-state index contributed by atoms with van der Waals surface area (Å²) in [7, 11) is 0. The molecule has 0 aromatic heterocycles. The molecule has 0 spiro atoms. The van der Waals surface area contributed by atoms with E-state index in [1.807, 2.05) is 0 Å². The van der Waals surface area contributed by atoms with Crippen molar-refractivity contribution in [2.75, 3.05) is 13.2 Å². The minimum atomic E-state index is 0.468. The molecular weight excluding hydrogens is 186 g/mol. The summed E-state index contributed by atoms with van der Waals surface area (Å²) in [5, 5.41) is 3.61. The van der Waals surface area contributed by atoms with Crippen LogP contribution < -0.4 is 5.32 Å². The van der Waals surface area contributed by atoms with Crippen LogP contribution in [-0.2, 0) is 4.74 Å². The molecule has 15 heavy (non-hydrogen) atoms. The molecule has 0 aromatic carbocycles. The van der Waals surface area contributed by atoms with Crippen molar-refractivity contribution in [3.05, 3.63) is 0 Å². The third-order valence-corrected chi connectivity index (χ3v) is 3.49. The SMILES string of the molecule is CCC(C)NCC1CCCOC1C(C)C. The molecular formula is C13H27NO. The van der Waals surface area contributed by atoms with E-state index < -0.39 is 0 Å². The second-order valence-electron chi connectivity index (χ2n) is 5.20. The lowest BCUT2D eigenvalue weighted by Crippen LogP contribution is -2.41. The first-order valence-corrected chi connectivity index (χ1v) is 6.50. The van der Waals surface area contributed by atoms with Crippen molar-refractivity contribution >= 4 is 0 Å². The maximum atomic E-state index is 5.88. The molecule has 1 rings (SSSR count). The zero-order valence-corrected chi connectivity index (χ0v) is 10.8. The molecule has 0 radical (unpaired) electrons. The van der Waals surface area contributed by atoms with Crippen LogP contribution in [0, 0.1) is 11.8 Å². The standard InChI is InChI=1S/C13H27NO/c1-5-11(4)14-9-12-7-6-8-15-13(12)10(2)3/h10-14H,5-9H2,1-4H3. The molecule has 0 bridgehead atoms. The highest BCUT2D eigenvalue weighted by Gasteiger charge is 2.28. The summed E-state index contributed by atoms with van der Waals surface area (Å²) in [6, 6.07) is 0.639. The van der Waals surface area contributed by atoms with Gasteiger partial charge in [-0.25, -0.2) is 0 Å². The first-order valence-electron chi connectivity index (χ1n) is 6.50.